The summed E-state index contributed by atoms with van der Waals surface area (Å²) in [5.41, 5.74) is 3.61. The average molecular weight is 324 g/mol. The third-order valence-corrected chi connectivity index (χ3v) is 4.27. The predicted molar refractivity (Wildman–Crippen MR) is 104 cm³/mol. The minimum atomic E-state index is 0.554. The highest BCUT2D eigenvalue weighted by Gasteiger charge is 2.17. The molecule has 25 heavy (non-hydrogen) atoms. The smallest absolute Gasteiger partial charge is 0.231 e. The number of rotatable bonds is 4. The average Bonchev–Trinajstić information content (AvgIpc) is 3.04. The summed E-state index contributed by atoms with van der Waals surface area (Å²) in [5.74, 6) is 0. The van der Waals surface area contributed by atoms with Gasteiger partial charge < -0.3 is 4.42 Å². The lowest BCUT2D eigenvalue weighted by atomic mass is 10.0. The van der Waals surface area contributed by atoms with Crippen molar-refractivity contribution in [3.8, 4) is 0 Å². The van der Waals surface area contributed by atoms with Gasteiger partial charge in [0.05, 0.1) is 11.1 Å². The minimum Gasteiger partial charge on any atom is -0.437 e. The second kappa shape index (κ2) is 5.87. The van der Waals surface area contributed by atoms with E-state index in [0.29, 0.717) is 5.71 Å². The maximum absolute atomic E-state index is 6.06. The van der Waals surface area contributed by atoms with Crippen molar-refractivity contribution in [1.82, 2.24) is 9.97 Å². The summed E-state index contributed by atoms with van der Waals surface area (Å²) in [7, 11) is 0. The highest BCUT2D eigenvalue weighted by atomic mass is 16.3. The maximum Gasteiger partial charge on any atom is 0.231 e. The Bertz CT molecular complexity index is 1190. The summed E-state index contributed by atoms with van der Waals surface area (Å²) >= 11 is 0. The standard InChI is InChI=1S/C22H16N2O/c1-4-5-8-14(2)15(3)20-19-18-12-11-16-9-6-7-10-17(16)21(18)25-22(19)24-13-23-20/h4-13H,1-3H2/b8-5-. The molecule has 0 amide bonds. The lowest BCUT2D eigenvalue weighted by Crippen LogP contribution is -1.92. The molecule has 0 spiro atoms. The van der Waals surface area contributed by atoms with Crippen LogP contribution in [0.1, 0.15) is 5.69 Å². The van der Waals surface area contributed by atoms with E-state index < -0.39 is 0 Å². The predicted octanol–water partition coefficient (Wildman–Crippen LogP) is 5.84. The molecule has 0 fully saturated rings. The fourth-order valence-corrected chi connectivity index (χ4v) is 3.00. The molecule has 0 N–H and O–H groups in total. The van der Waals surface area contributed by atoms with Gasteiger partial charge in [0.25, 0.3) is 0 Å². The van der Waals surface area contributed by atoms with Crippen molar-refractivity contribution < 1.29 is 4.42 Å². The van der Waals surface area contributed by atoms with Gasteiger partial charge in [-0.05, 0) is 17.0 Å². The van der Waals surface area contributed by atoms with Crippen LogP contribution in [0.5, 0.6) is 0 Å². The van der Waals surface area contributed by atoms with E-state index >= 15 is 0 Å². The molecule has 0 bridgehead atoms. The fraction of sp³-hybridized carbons (Fsp3) is 0. The van der Waals surface area contributed by atoms with Crippen LogP contribution in [0.25, 0.3) is 38.4 Å². The van der Waals surface area contributed by atoms with Gasteiger partial charge in [0.2, 0.25) is 5.71 Å². The van der Waals surface area contributed by atoms with E-state index in [1.807, 2.05) is 36.4 Å². The summed E-state index contributed by atoms with van der Waals surface area (Å²) in [6.45, 7) is 11.9. The summed E-state index contributed by atoms with van der Waals surface area (Å²) in [4.78, 5) is 8.75. The molecule has 0 aliphatic heterocycles. The first-order valence-corrected chi connectivity index (χ1v) is 7.93. The minimum absolute atomic E-state index is 0.554. The van der Waals surface area contributed by atoms with Gasteiger partial charge in [-0.15, -0.1) is 0 Å². The maximum atomic E-state index is 6.06. The van der Waals surface area contributed by atoms with E-state index in [9.17, 15) is 0 Å². The van der Waals surface area contributed by atoms with Gasteiger partial charge >= 0.3 is 0 Å². The zero-order chi connectivity index (χ0) is 17.4. The Morgan fingerprint density at radius 3 is 2.68 bits per heavy atom. The Kier molecular flexibility index (Phi) is 3.55. The van der Waals surface area contributed by atoms with E-state index in [0.717, 1.165) is 44.0 Å². The van der Waals surface area contributed by atoms with Crippen LogP contribution >= 0.6 is 0 Å². The van der Waals surface area contributed by atoms with Crippen LogP contribution in [0, 0.1) is 0 Å². The molecule has 2 aromatic heterocycles. The van der Waals surface area contributed by atoms with Crippen LogP contribution in [0.15, 0.2) is 90.7 Å². The van der Waals surface area contributed by atoms with E-state index in [4.69, 9.17) is 4.42 Å². The lowest BCUT2D eigenvalue weighted by molar-refractivity contribution is 0.656. The number of fused-ring (bicyclic) bond motifs is 5. The molecular formula is C22H16N2O. The van der Waals surface area contributed by atoms with Crippen LogP contribution < -0.4 is 0 Å². The van der Waals surface area contributed by atoms with Crippen molar-refractivity contribution in [2.45, 2.75) is 0 Å². The number of hydrogen-bond acceptors (Lipinski definition) is 3. The van der Waals surface area contributed by atoms with Crippen LogP contribution in [0.3, 0.4) is 0 Å². The molecule has 0 radical (unpaired) electrons. The van der Waals surface area contributed by atoms with Crippen molar-refractivity contribution in [1.29, 1.82) is 0 Å². The third-order valence-electron chi connectivity index (χ3n) is 4.27. The molecule has 2 aromatic carbocycles. The molecule has 3 heteroatoms. The quantitative estimate of drug-likeness (QED) is 0.443. The Hall–Kier alpha value is -3.46. The van der Waals surface area contributed by atoms with Crippen LogP contribution in [0.4, 0.5) is 0 Å². The van der Waals surface area contributed by atoms with Crippen molar-refractivity contribution in [2.24, 2.45) is 0 Å². The molecule has 4 aromatic rings. The molecule has 0 aliphatic carbocycles. The molecule has 2 heterocycles. The van der Waals surface area contributed by atoms with Crippen molar-refractivity contribution in [2.75, 3.05) is 0 Å². The summed E-state index contributed by atoms with van der Waals surface area (Å²) in [6, 6.07) is 12.3. The molecule has 3 nitrogen and oxygen atoms in total. The normalized spacial score (nSPS) is 11.5. The molecular weight excluding hydrogens is 308 g/mol. The number of benzene rings is 2. The summed E-state index contributed by atoms with van der Waals surface area (Å²) < 4.78 is 6.06. The topological polar surface area (TPSA) is 38.9 Å². The molecule has 0 aliphatic rings. The Labute approximate surface area is 145 Å². The summed E-state index contributed by atoms with van der Waals surface area (Å²) in [6.07, 6.45) is 6.89. The van der Waals surface area contributed by atoms with E-state index in [-0.39, 0.29) is 0 Å². The van der Waals surface area contributed by atoms with Crippen LogP contribution in [-0.2, 0) is 0 Å². The van der Waals surface area contributed by atoms with Gasteiger partial charge in [-0.2, -0.15) is 0 Å². The van der Waals surface area contributed by atoms with Gasteiger partial charge in [-0.25, -0.2) is 9.97 Å². The highest BCUT2D eigenvalue weighted by molar-refractivity contribution is 6.16. The molecule has 0 saturated heterocycles. The van der Waals surface area contributed by atoms with Crippen molar-refractivity contribution in [3.05, 3.63) is 92.0 Å². The number of furan rings is 1. The molecule has 120 valence electrons. The van der Waals surface area contributed by atoms with Gasteiger partial charge in [-0.1, -0.05) is 68.3 Å². The lowest BCUT2D eigenvalue weighted by Gasteiger charge is -2.06. The second-order valence-corrected chi connectivity index (χ2v) is 5.77. The first-order chi connectivity index (χ1) is 12.2. The number of hydrogen-bond donors (Lipinski definition) is 0. The number of nitrogens with zero attached hydrogens (tertiary/aromatic N) is 2. The van der Waals surface area contributed by atoms with Crippen molar-refractivity contribution >= 4 is 38.4 Å². The van der Waals surface area contributed by atoms with E-state index in [1.54, 1.807) is 6.08 Å². The highest BCUT2D eigenvalue weighted by Crippen LogP contribution is 2.36. The van der Waals surface area contributed by atoms with Gasteiger partial charge in [0, 0.05) is 16.3 Å². The zero-order valence-electron chi connectivity index (χ0n) is 13.7. The Morgan fingerprint density at radius 1 is 1.00 bits per heavy atom. The molecule has 0 unspecified atom stereocenters. The van der Waals surface area contributed by atoms with E-state index in [1.165, 1.54) is 6.33 Å². The number of allylic oxidation sites excluding steroid dienone is 5. The Balaban J connectivity index is 2.02. The van der Waals surface area contributed by atoms with E-state index in [2.05, 4.69) is 41.8 Å². The zero-order valence-corrected chi connectivity index (χ0v) is 13.7. The third kappa shape index (κ3) is 2.37. The SMILES string of the molecule is C=C/C=C\C(=C)C(=C)c1ncnc2oc3c4ccccc4ccc3c12. The molecule has 0 saturated carbocycles. The van der Waals surface area contributed by atoms with Crippen LogP contribution in [-0.4, -0.2) is 9.97 Å². The van der Waals surface area contributed by atoms with Gasteiger partial charge in [0.15, 0.2) is 0 Å². The fourth-order valence-electron chi connectivity index (χ4n) is 3.00. The monoisotopic (exact) mass is 324 g/mol. The number of aromatic nitrogens is 2. The molecule has 4 rings (SSSR count). The summed E-state index contributed by atoms with van der Waals surface area (Å²) in [5, 5.41) is 4.02. The Morgan fingerprint density at radius 2 is 1.84 bits per heavy atom. The van der Waals surface area contributed by atoms with Gasteiger partial charge in [0.1, 0.15) is 11.9 Å². The first-order valence-electron chi connectivity index (χ1n) is 7.93. The first kappa shape index (κ1) is 15.1. The van der Waals surface area contributed by atoms with Crippen LogP contribution in [0.2, 0.25) is 0 Å². The largest absolute Gasteiger partial charge is 0.437 e. The second-order valence-electron chi connectivity index (χ2n) is 5.77. The van der Waals surface area contributed by atoms with Crippen molar-refractivity contribution in [3.63, 3.8) is 0 Å². The molecule has 0 atom stereocenters. The van der Waals surface area contributed by atoms with Gasteiger partial charge in [-0.3, -0.25) is 0 Å².